The van der Waals surface area contributed by atoms with Gasteiger partial charge in [-0.3, -0.25) is 9.79 Å². The van der Waals surface area contributed by atoms with Crippen LogP contribution in [0.3, 0.4) is 0 Å². The largest absolute Gasteiger partial charge is 0.354 e. The number of benzene rings is 1. The van der Waals surface area contributed by atoms with Crippen molar-refractivity contribution in [1.29, 1.82) is 0 Å². The molecule has 4 nitrogen and oxygen atoms in total. The Morgan fingerprint density at radius 2 is 2.24 bits per heavy atom. The average Bonchev–Trinajstić information content (AvgIpc) is 2.83. The molecule has 1 aromatic carbocycles. The van der Waals surface area contributed by atoms with E-state index in [9.17, 15) is 4.79 Å². The van der Waals surface area contributed by atoms with Gasteiger partial charge in [0.2, 0.25) is 0 Å². The number of carbonyl (C=O) groups is 1. The second kappa shape index (κ2) is 4.20. The van der Waals surface area contributed by atoms with Crippen LogP contribution in [0.15, 0.2) is 23.2 Å². The van der Waals surface area contributed by atoms with Crippen molar-refractivity contribution in [2.24, 2.45) is 4.99 Å². The van der Waals surface area contributed by atoms with Crippen LogP contribution < -0.4 is 10.6 Å². The number of anilines is 1. The Labute approximate surface area is 100 Å². The molecule has 4 heteroatoms. The lowest BCUT2D eigenvalue weighted by molar-refractivity contribution is 0.0972. The fourth-order valence-corrected chi connectivity index (χ4v) is 2.32. The van der Waals surface area contributed by atoms with E-state index >= 15 is 0 Å². The first kappa shape index (κ1) is 10.3. The number of nitrogens with zero attached hydrogens (tertiary/aromatic N) is 1. The summed E-state index contributed by atoms with van der Waals surface area (Å²) in [6.45, 7) is 1.69. The first-order valence-corrected chi connectivity index (χ1v) is 6.04. The van der Waals surface area contributed by atoms with Crippen molar-refractivity contribution in [2.75, 3.05) is 18.4 Å². The Kier molecular flexibility index (Phi) is 2.55. The van der Waals surface area contributed by atoms with E-state index < -0.39 is 0 Å². The zero-order valence-electron chi connectivity index (χ0n) is 9.62. The average molecular weight is 229 g/mol. The van der Waals surface area contributed by atoms with Crippen molar-refractivity contribution in [1.82, 2.24) is 5.32 Å². The molecule has 1 aliphatic heterocycles. The van der Waals surface area contributed by atoms with Gasteiger partial charge in [0, 0.05) is 24.2 Å². The van der Waals surface area contributed by atoms with Crippen molar-refractivity contribution >= 4 is 17.4 Å². The number of rotatable bonds is 1. The lowest BCUT2D eigenvalue weighted by atomic mass is 9.90. The Morgan fingerprint density at radius 3 is 3.06 bits per heavy atom. The second-order valence-corrected chi connectivity index (χ2v) is 4.43. The van der Waals surface area contributed by atoms with E-state index in [2.05, 4.69) is 15.6 Å². The SMILES string of the molecule is O=C1CCCc2ccc(NC3=NCCN3)cc21. The maximum atomic E-state index is 11.8. The highest BCUT2D eigenvalue weighted by Gasteiger charge is 2.17. The van der Waals surface area contributed by atoms with Gasteiger partial charge in [-0.1, -0.05) is 6.07 Å². The number of fused-ring (bicyclic) bond motifs is 1. The van der Waals surface area contributed by atoms with Gasteiger partial charge >= 0.3 is 0 Å². The van der Waals surface area contributed by atoms with Crippen LogP contribution in [0.5, 0.6) is 0 Å². The van der Waals surface area contributed by atoms with E-state index in [-0.39, 0.29) is 5.78 Å². The van der Waals surface area contributed by atoms with Crippen LogP contribution in [-0.4, -0.2) is 24.8 Å². The summed E-state index contributed by atoms with van der Waals surface area (Å²) in [7, 11) is 0. The molecule has 0 aromatic heterocycles. The molecule has 1 aliphatic carbocycles. The van der Waals surface area contributed by atoms with E-state index in [1.807, 2.05) is 18.2 Å². The van der Waals surface area contributed by atoms with E-state index in [1.165, 1.54) is 5.56 Å². The quantitative estimate of drug-likeness (QED) is 0.768. The van der Waals surface area contributed by atoms with Gasteiger partial charge in [0.1, 0.15) is 0 Å². The maximum Gasteiger partial charge on any atom is 0.195 e. The molecule has 0 atom stereocenters. The number of nitrogens with one attached hydrogen (secondary N) is 2. The third kappa shape index (κ3) is 2.02. The van der Waals surface area contributed by atoms with E-state index in [4.69, 9.17) is 0 Å². The predicted octanol–water partition coefficient (Wildman–Crippen LogP) is 1.58. The minimum atomic E-state index is 0.260. The Balaban J connectivity index is 1.86. The summed E-state index contributed by atoms with van der Waals surface area (Å²) >= 11 is 0. The standard InChI is InChI=1S/C13H15N3O/c17-12-3-1-2-9-4-5-10(8-11(9)12)16-13-14-6-7-15-13/h4-5,8H,1-3,6-7H2,(H2,14,15,16). The van der Waals surface area contributed by atoms with Crippen LogP contribution >= 0.6 is 0 Å². The molecule has 0 saturated carbocycles. The number of carbonyl (C=O) groups excluding carboxylic acids is 1. The summed E-state index contributed by atoms with van der Waals surface area (Å²) in [6, 6.07) is 6.00. The van der Waals surface area contributed by atoms with E-state index in [1.54, 1.807) is 0 Å². The number of guanidine groups is 1. The van der Waals surface area contributed by atoms with Crippen LogP contribution in [0.1, 0.15) is 28.8 Å². The summed E-state index contributed by atoms with van der Waals surface area (Å²) in [5.74, 6) is 1.06. The number of aryl methyl sites for hydroxylation is 1. The number of Topliss-reactive ketones (excluding diaryl/α,β-unsaturated/α-hetero) is 1. The topological polar surface area (TPSA) is 53.5 Å². The summed E-state index contributed by atoms with van der Waals surface area (Å²) in [5.41, 5.74) is 2.99. The maximum absolute atomic E-state index is 11.8. The van der Waals surface area contributed by atoms with Crippen molar-refractivity contribution in [2.45, 2.75) is 19.3 Å². The molecule has 0 fully saturated rings. The van der Waals surface area contributed by atoms with Gasteiger partial charge in [-0.15, -0.1) is 0 Å². The van der Waals surface area contributed by atoms with Crippen molar-refractivity contribution in [3.63, 3.8) is 0 Å². The van der Waals surface area contributed by atoms with Gasteiger partial charge < -0.3 is 10.6 Å². The van der Waals surface area contributed by atoms with Gasteiger partial charge in [-0.25, -0.2) is 0 Å². The van der Waals surface area contributed by atoms with Crippen molar-refractivity contribution in [3.8, 4) is 0 Å². The highest BCUT2D eigenvalue weighted by atomic mass is 16.1. The lowest BCUT2D eigenvalue weighted by Gasteiger charge is -2.16. The van der Waals surface area contributed by atoms with Gasteiger partial charge in [0.15, 0.2) is 11.7 Å². The predicted molar refractivity (Wildman–Crippen MR) is 67.6 cm³/mol. The lowest BCUT2D eigenvalue weighted by Crippen LogP contribution is -2.26. The zero-order valence-corrected chi connectivity index (χ0v) is 9.62. The fraction of sp³-hybridized carbons (Fsp3) is 0.385. The number of ketones is 1. The minimum absolute atomic E-state index is 0.260. The Morgan fingerprint density at radius 1 is 1.29 bits per heavy atom. The smallest absolute Gasteiger partial charge is 0.195 e. The third-order valence-electron chi connectivity index (χ3n) is 3.20. The monoisotopic (exact) mass is 229 g/mol. The molecular formula is C13H15N3O. The molecule has 1 aromatic rings. The summed E-state index contributed by atoms with van der Waals surface area (Å²) in [4.78, 5) is 16.1. The highest BCUT2D eigenvalue weighted by molar-refractivity contribution is 6.01. The molecule has 1 heterocycles. The summed E-state index contributed by atoms with van der Waals surface area (Å²) < 4.78 is 0. The molecule has 0 spiro atoms. The number of aliphatic imine (C=N–C) groups is 1. The van der Waals surface area contributed by atoms with Crippen LogP contribution in [0, 0.1) is 0 Å². The summed E-state index contributed by atoms with van der Waals surface area (Å²) in [6.07, 6.45) is 2.67. The van der Waals surface area contributed by atoms with Crippen molar-refractivity contribution in [3.05, 3.63) is 29.3 Å². The summed E-state index contributed by atoms with van der Waals surface area (Å²) in [5, 5.41) is 6.35. The molecule has 2 N–H and O–H groups in total. The molecule has 0 unspecified atom stereocenters. The van der Waals surface area contributed by atoms with E-state index in [0.717, 1.165) is 43.1 Å². The molecule has 0 saturated heterocycles. The molecule has 17 heavy (non-hydrogen) atoms. The normalized spacial score (nSPS) is 18.4. The first-order chi connectivity index (χ1) is 8.33. The van der Waals surface area contributed by atoms with Gasteiger partial charge in [-0.2, -0.15) is 0 Å². The van der Waals surface area contributed by atoms with Crippen molar-refractivity contribution < 1.29 is 4.79 Å². The highest BCUT2D eigenvalue weighted by Crippen LogP contribution is 2.24. The molecular weight excluding hydrogens is 214 g/mol. The van der Waals surface area contributed by atoms with Crippen LogP contribution in [0.2, 0.25) is 0 Å². The third-order valence-corrected chi connectivity index (χ3v) is 3.20. The van der Waals surface area contributed by atoms with Crippen LogP contribution in [-0.2, 0) is 6.42 Å². The fourth-order valence-electron chi connectivity index (χ4n) is 2.32. The van der Waals surface area contributed by atoms with Crippen LogP contribution in [0.4, 0.5) is 5.69 Å². The minimum Gasteiger partial charge on any atom is -0.354 e. The van der Waals surface area contributed by atoms with Crippen LogP contribution in [0.25, 0.3) is 0 Å². The molecule has 88 valence electrons. The zero-order chi connectivity index (χ0) is 11.7. The Hall–Kier alpha value is -1.84. The molecule has 3 rings (SSSR count). The molecule has 0 bridgehead atoms. The van der Waals surface area contributed by atoms with Gasteiger partial charge in [0.05, 0.1) is 6.54 Å². The van der Waals surface area contributed by atoms with Gasteiger partial charge in [0.25, 0.3) is 0 Å². The van der Waals surface area contributed by atoms with Gasteiger partial charge in [-0.05, 0) is 30.5 Å². The molecule has 2 aliphatic rings. The number of hydrogen-bond acceptors (Lipinski definition) is 4. The Bertz CT molecular complexity index is 493. The second-order valence-electron chi connectivity index (χ2n) is 4.43. The van der Waals surface area contributed by atoms with E-state index in [0.29, 0.717) is 6.42 Å². The molecule has 0 amide bonds. The first-order valence-electron chi connectivity index (χ1n) is 6.04. The number of hydrogen-bond donors (Lipinski definition) is 2. The molecule has 0 radical (unpaired) electrons.